The summed E-state index contributed by atoms with van der Waals surface area (Å²) in [7, 11) is 0. The topological polar surface area (TPSA) is 22.1 Å². The van der Waals surface area contributed by atoms with Crippen molar-refractivity contribution < 1.29 is 4.74 Å². The molecule has 0 saturated heterocycles. The molecule has 0 radical (unpaired) electrons. The van der Waals surface area contributed by atoms with E-state index < -0.39 is 0 Å². The van der Waals surface area contributed by atoms with Crippen molar-refractivity contribution >= 4 is 0 Å². The van der Waals surface area contributed by atoms with E-state index in [9.17, 15) is 0 Å². The first-order chi connectivity index (χ1) is 6.80. The molecule has 0 aromatic carbocycles. The molecule has 0 aliphatic rings. The molecule has 84 valence electrons. The van der Waals surface area contributed by atoms with Gasteiger partial charge in [-0.05, 0) is 32.9 Å². The van der Waals surface area contributed by atoms with Crippen molar-refractivity contribution in [1.29, 1.82) is 0 Å². The lowest BCUT2D eigenvalue weighted by molar-refractivity contribution is 0.234. The molecule has 0 fully saturated rings. The Morgan fingerprint density at radius 3 is 2.27 bits per heavy atom. The van der Waals surface area contributed by atoms with Crippen LogP contribution in [0.3, 0.4) is 0 Å². The van der Waals surface area contributed by atoms with Crippen molar-refractivity contribution in [3.05, 3.63) is 23.5 Å². The van der Waals surface area contributed by atoms with Crippen molar-refractivity contribution in [3.63, 3.8) is 0 Å². The highest BCUT2D eigenvalue weighted by molar-refractivity contribution is 5.34. The Morgan fingerprint density at radius 1 is 1.20 bits per heavy atom. The molecule has 2 heteroatoms. The van der Waals surface area contributed by atoms with E-state index in [2.05, 4.69) is 25.8 Å². The summed E-state index contributed by atoms with van der Waals surface area (Å²) in [5.41, 5.74) is 2.10. The average molecular weight is 207 g/mol. The summed E-state index contributed by atoms with van der Waals surface area (Å²) in [6.07, 6.45) is 0.190. The van der Waals surface area contributed by atoms with Crippen LogP contribution in [-0.4, -0.2) is 11.1 Å². The molecule has 2 nitrogen and oxygen atoms in total. The second kappa shape index (κ2) is 4.21. The lowest BCUT2D eigenvalue weighted by atomic mass is 9.90. The standard InChI is InChI=1S/C13H21NO/c1-9(2)15-11-8-7-10(3)14-12(11)13(4,5)6/h7-9H,1-6H3. The largest absolute Gasteiger partial charge is 0.489 e. The van der Waals surface area contributed by atoms with Gasteiger partial charge < -0.3 is 4.74 Å². The highest BCUT2D eigenvalue weighted by atomic mass is 16.5. The summed E-state index contributed by atoms with van der Waals surface area (Å²) in [4.78, 5) is 4.57. The SMILES string of the molecule is Cc1ccc(OC(C)C)c(C(C)(C)C)n1. The zero-order valence-corrected chi connectivity index (χ0v) is 10.6. The van der Waals surface area contributed by atoms with Gasteiger partial charge in [0.05, 0.1) is 11.8 Å². The molecule has 0 amide bonds. The van der Waals surface area contributed by atoms with E-state index in [-0.39, 0.29) is 11.5 Å². The maximum absolute atomic E-state index is 5.76. The van der Waals surface area contributed by atoms with E-state index in [1.165, 1.54) is 0 Å². The Kier molecular flexibility index (Phi) is 3.38. The first-order valence-electron chi connectivity index (χ1n) is 5.45. The Morgan fingerprint density at radius 2 is 1.80 bits per heavy atom. The van der Waals surface area contributed by atoms with Crippen LogP contribution in [0.2, 0.25) is 0 Å². The molecule has 0 unspecified atom stereocenters. The monoisotopic (exact) mass is 207 g/mol. The normalized spacial score (nSPS) is 11.9. The number of aryl methyl sites for hydroxylation is 1. The van der Waals surface area contributed by atoms with Crippen LogP contribution in [-0.2, 0) is 5.41 Å². The minimum Gasteiger partial charge on any atom is -0.489 e. The van der Waals surface area contributed by atoms with Gasteiger partial charge in [0.2, 0.25) is 0 Å². The predicted molar refractivity (Wildman–Crippen MR) is 63.4 cm³/mol. The highest BCUT2D eigenvalue weighted by Crippen LogP contribution is 2.30. The number of hydrogen-bond donors (Lipinski definition) is 0. The third-order valence-electron chi connectivity index (χ3n) is 2.07. The van der Waals surface area contributed by atoms with Crippen LogP contribution < -0.4 is 4.74 Å². The van der Waals surface area contributed by atoms with Crippen LogP contribution in [0.25, 0.3) is 0 Å². The first-order valence-corrected chi connectivity index (χ1v) is 5.45. The van der Waals surface area contributed by atoms with Gasteiger partial charge in [0.1, 0.15) is 5.75 Å². The summed E-state index contributed by atoms with van der Waals surface area (Å²) in [5.74, 6) is 0.906. The number of hydrogen-bond acceptors (Lipinski definition) is 2. The van der Waals surface area contributed by atoms with Gasteiger partial charge in [-0.15, -0.1) is 0 Å². The molecule has 0 aliphatic heterocycles. The maximum atomic E-state index is 5.76. The fourth-order valence-corrected chi connectivity index (χ4v) is 1.43. The lowest BCUT2D eigenvalue weighted by Gasteiger charge is -2.23. The Bertz CT molecular complexity index is 337. The fraction of sp³-hybridized carbons (Fsp3) is 0.615. The van der Waals surface area contributed by atoms with E-state index >= 15 is 0 Å². The quantitative estimate of drug-likeness (QED) is 0.740. The highest BCUT2D eigenvalue weighted by Gasteiger charge is 2.21. The molecule has 0 aliphatic carbocycles. The summed E-state index contributed by atoms with van der Waals surface area (Å²) < 4.78 is 5.76. The molecule has 1 heterocycles. The van der Waals surface area contributed by atoms with E-state index in [4.69, 9.17) is 4.74 Å². The van der Waals surface area contributed by atoms with E-state index in [1.54, 1.807) is 0 Å². The van der Waals surface area contributed by atoms with Crippen LogP contribution in [0, 0.1) is 6.92 Å². The molecule has 1 aromatic rings. The van der Waals surface area contributed by atoms with E-state index in [1.807, 2.05) is 32.9 Å². The van der Waals surface area contributed by atoms with Crippen molar-refractivity contribution in [2.24, 2.45) is 0 Å². The zero-order valence-electron chi connectivity index (χ0n) is 10.6. The summed E-state index contributed by atoms with van der Waals surface area (Å²) in [5, 5.41) is 0. The van der Waals surface area contributed by atoms with Crippen LogP contribution in [0.15, 0.2) is 12.1 Å². The van der Waals surface area contributed by atoms with Gasteiger partial charge in [0, 0.05) is 11.1 Å². The molecule has 0 bridgehead atoms. The minimum atomic E-state index is 0.0241. The molecule has 0 spiro atoms. The molecule has 0 saturated carbocycles. The van der Waals surface area contributed by atoms with Crippen LogP contribution >= 0.6 is 0 Å². The molecule has 1 aromatic heterocycles. The van der Waals surface area contributed by atoms with Crippen molar-refractivity contribution in [3.8, 4) is 5.75 Å². The number of nitrogens with zero attached hydrogens (tertiary/aromatic N) is 1. The van der Waals surface area contributed by atoms with Gasteiger partial charge in [-0.3, -0.25) is 4.98 Å². The number of aromatic nitrogens is 1. The number of rotatable bonds is 2. The van der Waals surface area contributed by atoms with Gasteiger partial charge in [0.25, 0.3) is 0 Å². The van der Waals surface area contributed by atoms with E-state index in [0.717, 1.165) is 17.1 Å². The minimum absolute atomic E-state index is 0.0241. The first kappa shape index (κ1) is 12.0. The Labute approximate surface area is 92.7 Å². The second-order valence-corrected chi connectivity index (χ2v) is 5.22. The second-order valence-electron chi connectivity index (χ2n) is 5.22. The fourth-order valence-electron chi connectivity index (χ4n) is 1.43. The Hall–Kier alpha value is -1.05. The van der Waals surface area contributed by atoms with Gasteiger partial charge >= 0.3 is 0 Å². The molecule has 0 N–H and O–H groups in total. The summed E-state index contributed by atoms with van der Waals surface area (Å²) in [6, 6.07) is 4.01. The zero-order chi connectivity index (χ0) is 11.6. The van der Waals surface area contributed by atoms with Gasteiger partial charge in [-0.25, -0.2) is 0 Å². The average Bonchev–Trinajstić information content (AvgIpc) is 2.05. The molecule has 0 atom stereocenters. The Balaban J connectivity index is 3.15. The van der Waals surface area contributed by atoms with E-state index in [0.29, 0.717) is 0 Å². The predicted octanol–water partition coefficient (Wildman–Crippen LogP) is 3.47. The molecular formula is C13H21NO. The van der Waals surface area contributed by atoms with Gasteiger partial charge in [-0.1, -0.05) is 20.8 Å². The van der Waals surface area contributed by atoms with Crippen LogP contribution in [0.1, 0.15) is 46.0 Å². The van der Waals surface area contributed by atoms with Crippen molar-refractivity contribution in [2.45, 2.75) is 53.1 Å². The number of ether oxygens (including phenoxy) is 1. The van der Waals surface area contributed by atoms with Gasteiger partial charge in [0.15, 0.2) is 0 Å². The lowest BCUT2D eigenvalue weighted by Crippen LogP contribution is -2.18. The summed E-state index contributed by atoms with van der Waals surface area (Å²) in [6.45, 7) is 12.5. The molecule has 15 heavy (non-hydrogen) atoms. The van der Waals surface area contributed by atoms with Crippen LogP contribution in [0.5, 0.6) is 5.75 Å². The third kappa shape index (κ3) is 3.22. The van der Waals surface area contributed by atoms with Gasteiger partial charge in [-0.2, -0.15) is 0 Å². The van der Waals surface area contributed by atoms with Crippen molar-refractivity contribution in [2.75, 3.05) is 0 Å². The smallest absolute Gasteiger partial charge is 0.141 e. The third-order valence-corrected chi connectivity index (χ3v) is 2.07. The maximum Gasteiger partial charge on any atom is 0.141 e. The molecular weight excluding hydrogens is 186 g/mol. The number of pyridine rings is 1. The summed E-state index contributed by atoms with van der Waals surface area (Å²) >= 11 is 0. The molecule has 1 rings (SSSR count). The van der Waals surface area contributed by atoms with Crippen LogP contribution in [0.4, 0.5) is 0 Å². The van der Waals surface area contributed by atoms with Crippen molar-refractivity contribution in [1.82, 2.24) is 4.98 Å².